The van der Waals surface area contributed by atoms with Crippen LogP contribution in [0.2, 0.25) is 0 Å². The number of carbonyl (C=O) groups excluding carboxylic acids is 1. The number of methoxy groups -OCH3 is 1. The molecule has 1 amide bonds. The molecule has 0 aromatic carbocycles. The van der Waals surface area contributed by atoms with Gasteiger partial charge >= 0.3 is 0 Å². The van der Waals surface area contributed by atoms with Crippen LogP contribution < -0.4 is 0 Å². The van der Waals surface area contributed by atoms with Crippen molar-refractivity contribution >= 4 is 28.6 Å². The van der Waals surface area contributed by atoms with Crippen LogP contribution in [-0.4, -0.2) is 52.1 Å². The van der Waals surface area contributed by atoms with Crippen molar-refractivity contribution in [2.24, 2.45) is 0 Å². The Bertz CT molecular complexity index is 959. The van der Waals surface area contributed by atoms with E-state index in [-0.39, 0.29) is 12.0 Å². The average molecular weight is 401 g/mol. The van der Waals surface area contributed by atoms with Crippen molar-refractivity contribution in [1.82, 2.24) is 19.9 Å². The van der Waals surface area contributed by atoms with E-state index in [1.807, 2.05) is 26.0 Å². The van der Waals surface area contributed by atoms with Gasteiger partial charge in [-0.15, -0.1) is 22.7 Å². The van der Waals surface area contributed by atoms with Crippen molar-refractivity contribution in [3.63, 3.8) is 0 Å². The first-order chi connectivity index (χ1) is 13.0. The van der Waals surface area contributed by atoms with Gasteiger partial charge in [0.1, 0.15) is 0 Å². The van der Waals surface area contributed by atoms with Crippen molar-refractivity contribution in [1.29, 1.82) is 0 Å². The number of carbonyl (C=O) groups is 1. The first kappa shape index (κ1) is 18.2. The Balaban J connectivity index is 1.42. The molecule has 0 bridgehead atoms. The van der Waals surface area contributed by atoms with Crippen LogP contribution in [-0.2, 0) is 11.2 Å². The minimum absolute atomic E-state index is 0.00919. The molecule has 8 heteroatoms. The molecule has 0 spiro atoms. The number of ether oxygens (including phenoxy) is 1. The van der Waals surface area contributed by atoms with Crippen molar-refractivity contribution in [3.05, 3.63) is 50.7 Å². The molecule has 0 radical (unpaired) electrons. The third kappa shape index (κ3) is 3.78. The van der Waals surface area contributed by atoms with Gasteiger partial charge in [0, 0.05) is 43.9 Å². The Kier molecular flexibility index (Phi) is 5.03. The maximum atomic E-state index is 12.4. The molecular formula is C19H20N4O2S2. The van der Waals surface area contributed by atoms with Gasteiger partial charge in [-0.3, -0.25) is 9.78 Å². The summed E-state index contributed by atoms with van der Waals surface area (Å²) < 4.78 is 5.21. The molecule has 4 rings (SSSR count). The van der Waals surface area contributed by atoms with E-state index in [4.69, 9.17) is 9.72 Å². The highest BCUT2D eigenvalue weighted by atomic mass is 32.1. The molecule has 3 aromatic rings. The molecule has 3 aromatic heterocycles. The van der Waals surface area contributed by atoms with Gasteiger partial charge in [0.2, 0.25) is 0 Å². The van der Waals surface area contributed by atoms with E-state index in [9.17, 15) is 4.79 Å². The number of rotatable bonds is 5. The van der Waals surface area contributed by atoms with E-state index < -0.39 is 0 Å². The highest BCUT2D eigenvalue weighted by Crippen LogP contribution is 2.31. The predicted octanol–water partition coefficient (Wildman–Crippen LogP) is 3.34. The topological polar surface area (TPSA) is 68.2 Å². The van der Waals surface area contributed by atoms with Crippen LogP contribution in [0.3, 0.4) is 0 Å². The number of pyridine rings is 1. The zero-order valence-corrected chi connectivity index (χ0v) is 17.1. The van der Waals surface area contributed by atoms with E-state index >= 15 is 0 Å². The zero-order valence-electron chi connectivity index (χ0n) is 15.4. The monoisotopic (exact) mass is 400 g/mol. The molecule has 0 aliphatic carbocycles. The summed E-state index contributed by atoms with van der Waals surface area (Å²) >= 11 is 3.30. The van der Waals surface area contributed by atoms with Gasteiger partial charge in [0.25, 0.3) is 5.91 Å². The van der Waals surface area contributed by atoms with Crippen LogP contribution >= 0.6 is 22.7 Å². The number of hydrogen-bond acceptors (Lipinski definition) is 7. The molecule has 1 aliphatic heterocycles. The maximum Gasteiger partial charge on any atom is 0.255 e. The lowest BCUT2D eigenvalue weighted by atomic mass is 10.1. The second-order valence-corrected chi connectivity index (χ2v) is 8.70. The number of aryl methyl sites for hydroxylation is 2. The number of aromatic nitrogens is 3. The lowest BCUT2D eigenvalue weighted by Gasteiger charge is -2.38. The van der Waals surface area contributed by atoms with E-state index in [1.54, 1.807) is 40.9 Å². The van der Waals surface area contributed by atoms with Crippen molar-refractivity contribution in [2.45, 2.75) is 26.4 Å². The Morgan fingerprint density at radius 1 is 1.30 bits per heavy atom. The summed E-state index contributed by atoms with van der Waals surface area (Å²) in [6, 6.07) is 3.75. The van der Waals surface area contributed by atoms with Gasteiger partial charge in [0.05, 0.1) is 37.9 Å². The summed E-state index contributed by atoms with van der Waals surface area (Å²) in [5.41, 5.74) is 3.53. The smallest absolute Gasteiger partial charge is 0.255 e. The molecule has 0 atom stereocenters. The summed E-state index contributed by atoms with van der Waals surface area (Å²) in [6.45, 7) is 5.32. The van der Waals surface area contributed by atoms with Crippen LogP contribution in [0.1, 0.15) is 31.8 Å². The van der Waals surface area contributed by atoms with E-state index in [2.05, 4.69) is 15.3 Å². The fraction of sp³-hybridized carbons (Fsp3) is 0.368. The van der Waals surface area contributed by atoms with Gasteiger partial charge in [-0.1, -0.05) is 0 Å². The van der Waals surface area contributed by atoms with Crippen molar-refractivity contribution in [3.8, 4) is 10.6 Å². The standard InChI is InChI=1S/C19H20N4O2S2/c1-11-18(27-12(2)21-11)16-10-26-17(22-16)6-14-5-4-13(7-20-14)19(24)23-8-15(9-23)25-3/h4-5,7,10,15H,6,8-9H2,1-3H3. The van der Waals surface area contributed by atoms with Gasteiger partial charge < -0.3 is 9.64 Å². The van der Waals surface area contributed by atoms with E-state index in [0.29, 0.717) is 25.1 Å². The fourth-order valence-electron chi connectivity index (χ4n) is 3.01. The Labute approximate surface area is 165 Å². The van der Waals surface area contributed by atoms with Crippen molar-refractivity contribution < 1.29 is 9.53 Å². The molecule has 1 aliphatic rings. The second-order valence-electron chi connectivity index (χ2n) is 6.56. The molecule has 1 fully saturated rings. The molecule has 0 unspecified atom stereocenters. The molecule has 140 valence electrons. The third-order valence-electron chi connectivity index (χ3n) is 4.56. The Hall–Kier alpha value is -2.16. The van der Waals surface area contributed by atoms with Crippen LogP contribution in [0.25, 0.3) is 10.6 Å². The number of hydrogen-bond donors (Lipinski definition) is 0. The number of nitrogens with zero attached hydrogens (tertiary/aromatic N) is 4. The van der Waals surface area contributed by atoms with Gasteiger partial charge in [-0.2, -0.15) is 0 Å². The maximum absolute atomic E-state index is 12.4. The minimum Gasteiger partial charge on any atom is -0.378 e. The molecule has 1 saturated heterocycles. The lowest BCUT2D eigenvalue weighted by Crippen LogP contribution is -2.54. The highest BCUT2D eigenvalue weighted by molar-refractivity contribution is 7.15. The summed E-state index contributed by atoms with van der Waals surface area (Å²) in [5.74, 6) is 0.00919. The first-order valence-corrected chi connectivity index (χ1v) is 10.4. The fourth-order valence-corrected chi connectivity index (χ4v) is 4.77. The number of likely N-dealkylation sites (tertiary alicyclic amines) is 1. The van der Waals surface area contributed by atoms with E-state index in [0.717, 1.165) is 32.0 Å². The van der Waals surface area contributed by atoms with Crippen LogP contribution in [0.15, 0.2) is 23.7 Å². The number of amides is 1. The van der Waals surface area contributed by atoms with Gasteiger partial charge in [0.15, 0.2) is 0 Å². The van der Waals surface area contributed by atoms with E-state index in [1.165, 1.54) is 0 Å². The second kappa shape index (κ2) is 7.46. The van der Waals surface area contributed by atoms with Crippen LogP contribution in [0.5, 0.6) is 0 Å². The molecule has 0 saturated carbocycles. The summed E-state index contributed by atoms with van der Waals surface area (Å²) in [6.07, 6.45) is 2.47. The average Bonchev–Trinajstić information content (AvgIpc) is 3.20. The molecule has 0 N–H and O–H groups in total. The molecule has 4 heterocycles. The Morgan fingerprint density at radius 3 is 2.74 bits per heavy atom. The van der Waals surface area contributed by atoms with Crippen LogP contribution in [0, 0.1) is 13.8 Å². The SMILES string of the molecule is COC1CN(C(=O)c2ccc(Cc3nc(-c4sc(C)nc4C)cs3)nc2)C1. The lowest BCUT2D eigenvalue weighted by molar-refractivity contribution is -0.0192. The number of thiazole rings is 2. The van der Waals surface area contributed by atoms with Crippen LogP contribution in [0.4, 0.5) is 0 Å². The largest absolute Gasteiger partial charge is 0.378 e. The van der Waals surface area contributed by atoms with Gasteiger partial charge in [-0.25, -0.2) is 9.97 Å². The minimum atomic E-state index is 0.00919. The quantitative estimate of drug-likeness (QED) is 0.657. The molecular weight excluding hydrogens is 380 g/mol. The molecule has 6 nitrogen and oxygen atoms in total. The predicted molar refractivity (Wildman–Crippen MR) is 106 cm³/mol. The van der Waals surface area contributed by atoms with Crippen molar-refractivity contribution in [2.75, 3.05) is 20.2 Å². The first-order valence-electron chi connectivity index (χ1n) is 8.69. The summed E-state index contributed by atoms with van der Waals surface area (Å²) in [7, 11) is 1.67. The Morgan fingerprint density at radius 2 is 2.11 bits per heavy atom. The summed E-state index contributed by atoms with van der Waals surface area (Å²) in [4.78, 5) is 28.9. The third-order valence-corrected chi connectivity index (χ3v) is 6.50. The van der Waals surface area contributed by atoms with Gasteiger partial charge in [-0.05, 0) is 26.0 Å². The molecule has 27 heavy (non-hydrogen) atoms. The summed E-state index contributed by atoms with van der Waals surface area (Å²) in [5, 5.41) is 4.13. The highest BCUT2D eigenvalue weighted by Gasteiger charge is 2.31. The zero-order chi connectivity index (χ0) is 19.0. The normalized spacial score (nSPS) is 14.4.